The van der Waals surface area contributed by atoms with Gasteiger partial charge >= 0.3 is 5.97 Å². The Labute approximate surface area is 96.9 Å². The van der Waals surface area contributed by atoms with Gasteiger partial charge < -0.3 is 10.0 Å². The first-order chi connectivity index (χ1) is 7.98. The van der Waals surface area contributed by atoms with Gasteiger partial charge in [-0.05, 0) is 18.6 Å². The molecule has 0 amide bonds. The van der Waals surface area contributed by atoms with Crippen LogP contribution in [0.5, 0.6) is 0 Å². The standard InChI is InChI=1S/C11H12F2N2O2/c12-11(13)3-1-5-15(7-11)9-6-8(10(16)17)2-4-14-9/h2,4,6H,1,3,5,7H2,(H,16,17). The van der Waals surface area contributed by atoms with E-state index in [4.69, 9.17) is 5.11 Å². The van der Waals surface area contributed by atoms with Gasteiger partial charge in [-0.1, -0.05) is 0 Å². The first kappa shape index (κ1) is 11.8. The van der Waals surface area contributed by atoms with Crippen LogP contribution in [-0.2, 0) is 0 Å². The van der Waals surface area contributed by atoms with E-state index in [0.29, 0.717) is 18.8 Å². The third-order valence-electron chi connectivity index (χ3n) is 2.71. The summed E-state index contributed by atoms with van der Waals surface area (Å²) in [7, 11) is 0. The summed E-state index contributed by atoms with van der Waals surface area (Å²) in [6.45, 7) is 0.0781. The molecule has 1 aromatic heterocycles. The molecule has 6 heteroatoms. The summed E-state index contributed by atoms with van der Waals surface area (Å²) in [6, 6.07) is 2.66. The fourth-order valence-electron chi connectivity index (χ4n) is 1.89. The Bertz CT molecular complexity index is 437. The normalized spacial score (nSPS) is 19.1. The second kappa shape index (κ2) is 4.27. The average Bonchev–Trinajstić information content (AvgIpc) is 2.28. The Morgan fingerprint density at radius 1 is 1.53 bits per heavy atom. The molecule has 2 rings (SSSR count). The van der Waals surface area contributed by atoms with Crippen LogP contribution >= 0.6 is 0 Å². The van der Waals surface area contributed by atoms with Crippen molar-refractivity contribution in [1.29, 1.82) is 0 Å². The average molecular weight is 242 g/mol. The maximum atomic E-state index is 13.2. The molecule has 0 unspecified atom stereocenters. The fourth-order valence-corrected chi connectivity index (χ4v) is 1.89. The molecule has 2 heterocycles. The molecule has 1 saturated heterocycles. The predicted octanol–water partition coefficient (Wildman–Crippen LogP) is 2.02. The zero-order chi connectivity index (χ0) is 12.5. The number of nitrogens with zero attached hydrogens (tertiary/aromatic N) is 2. The minimum atomic E-state index is -2.72. The molecule has 17 heavy (non-hydrogen) atoms. The van der Waals surface area contributed by atoms with Crippen molar-refractivity contribution in [1.82, 2.24) is 4.98 Å². The van der Waals surface area contributed by atoms with Crippen LogP contribution in [0.4, 0.5) is 14.6 Å². The third kappa shape index (κ3) is 2.69. The van der Waals surface area contributed by atoms with Crippen LogP contribution in [0.3, 0.4) is 0 Å². The van der Waals surface area contributed by atoms with Crippen molar-refractivity contribution in [2.45, 2.75) is 18.8 Å². The van der Waals surface area contributed by atoms with Crippen molar-refractivity contribution in [3.63, 3.8) is 0 Å². The number of pyridine rings is 1. The summed E-state index contributed by atoms with van der Waals surface area (Å²) >= 11 is 0. The van der Waals surface area contributed by atoms with Gasteiger partial charge in [0.1, 0.15) is 5.82 Å². The van der Waals surface area contributed by atoms with E-state index in [0.717, 1.165) is 0 Å². The van der Waals surface area contributed by atoms with Gasteiger partial charge in [0.25, 0.3) is 5.92 Å². The number of aromatic carboxylic acids is 1. The van der Waals surface area contributed by atoms with Gasteiger partial charge in [0.2, 0.25) is 0 Å². The number of hydrogen-bond donors (Lipinski definition) is 1. The fraction of sp³-hybridized carbons (Fsp3) is 0.455. The Kier molecular flexibility index (Phi) is 2.95. The second-order valence-electron chi connectivity index (χ2n) is 4.09. The Hall–Kier alpha value is -1.72. The maximum Gasteiger partial charge on any atom is 0.335 e. The number of rotatable bonds is 2. The number of anilines is 1. The number of piperidine rings is 1. The van der Waals surface area contributed by atoms with Gasteiger partial charge in [-0.2, -0.15) is 0 Å². The zero-order valence-electron chi connectivity index (χ0n) is 9.07. The van der Waals surface area contributed by atoms with Crippen LogP contribution < -0.4 is 4.90 Å². The van der Waals surface area contributed by atoms with Crippen molar-refractivity contribution in [3.8, 4) is 0 Å². The molecule has 0 saturated carbocycles. The first-order valence-electron chi connectivity index (χ1n) is 5.30. The molecule has 0 radical (unpaired) electrons. The molecular weight excluding hydrogens is 230 g/mol. The number of carboxylic acids is 1. The molecule has 0 aromatic carbocycles. The lowest BCUT2D eigenvalue weighted by Gasteiger charge is -2.33. The van der Waals surface area contributed by atoms with Crippen molar-refractivity contribution >= 4 is 11.8 Å². The van der Waals surface area contributed by atoms with E-state index in [1.54, 1.807) is 0 Å². The predicted molar refractivity (Wildman–Crippen MR) is 57.6 cm³/mol. The molecule has 1 aliphatic rings. The summed E-state index contributed by atoms with van der Waals surface area (Å²) in [4.78, 5) is 16.1. The molecule has 1 fully saturated rings. The molecule has 0 spiro atoms. The highest BCUT2D eigenvalue weighted by Gasteiger charge is 2.35. The number of halogens is 2. The monoisotopic (exact) mass is 242 g/mol. The maximum absolute atomic E-state index is 13.2. The van der Waals surface area contributed by atoms with E-state index in [-0.39, 0.29) is 12.0 Å². The summed E-state index contributed by atoms with van der Waals surface area (Å²) in [5.41, 5.74) is 0.0592. The van der Waals surface area contributed by atoms with Crippen LogP contribution in [-0.4, -0.2) is 35.1 Å². The number of alkyl halides is 2. The Morgan fingerprint density at radius 3 is 2.94 bits per heavy atom. The number of hydrogen-bond acceptors (Lipinski definition) is 3. The lowest BCUT2D eigenvalue weighted by Crippen LogP contribution is -2.43. The van der Waals surface area contributed by atoms with Crippen LogP contribution in [0.15, 0.2) is 18.3 Å². The van der Waals surface area contributed by atoms with Crippen molar-refractivity contribution < 1.29 is 18.7 Å². The van der Waals surface area contributed by atoms with Crippen molar-refractivity contribution in [2.75, 3.05) is 18.0 Å². The molecule has 0 bridgehead atoms. The highest BCUT2D eigenvalue weighted by atomic mass is 19.3. The van der Waals surface area contributed by atoms with E-state index in [9.17, 15) is 13.6 Å². The number of carbonyl (C=O) groups is 1. The van der Waals surface area contributed by atoms with Gasteiger partial charge in [0.05, 0.1) is 12.1 Å². The summed E-state index contributed by atoms with van der Waals surface area (Å²) in [6.07, 6.45) is 1.58. The van der Waals surface area contributed by atoms with E-state index in [1.165, 1.54) is 23.2 Å². The highest BCUT2D eigenvalue weighted by Crippen LogP contribution is 2.29. The van der Waals surface area contributed by atoms with Crippen molar-refractivity contribution in [2.24, 2.45) is 0 Å². The Balaban J connectivity index is 2.22. The van der Waals surface area contributed by atoms with E-state index in [1.807, 2.05) is 0 Å². The number of carboxylic acid groups (broad SMARTS) is 1. The van der Waals surface area contributed by atoms with Crippen LogP contribution in [0.1, 0.15) is 23.2 Å². The van der Waals surface area contributed by atoms with Gasteiger partial charge in [0.15, 0.2) is 0 Å². The number of aromatic nitrogens is 1. The highest BCUT2D eigenvalue weighted by molar-refractivity contribution is 5.88. The molecule has 0 aliphatic carbocycles. The lowest BCUT2D eigenvalue weighted by molar-refractivity contribution is -0.0118. The summed E-state index contributed by atoms with van der Waals surface area (Å²) < 4.78 is 26.4. The summed E-state index contributed by atoms with van der Waals surface area (Å²) in [5, 5.41) is 8.82. The van der Waals surface area contributed by atoms with Crippen molar-refractivity contribution in [3.05, 3.63) is 23.9 Å². The molecule has 1 aliphatic heterocycles. The quantitative estimate of drug-likeness (QED) is 0.862. The molecule has 4 nitrogen and oxygen atoms in total. The second-order valence-corrected chi connectivity index (χ2v) is 4.09. The SMILES string of the molecule is O=C(O)c1ccnc(N2CCCC(F)(F)C2)c1. The van der Waals surface area contributed by atoms with Crippen LogP contribution in [0, 0.1) is 0 Å². The van der Waals surface area contributed by atoms with Gasteiger partial charge in [-0.15, -0.1) is 0 Å². The van der Waals surface area contributed by atoms with Crippen LogP contribution in [0.25, 0.3) is 0 Å². The smallest absolute Gasteiger partial charge is 0.335 e. The van der Waals surface area contributed by atoms with Gasteiger partial charge in [-0.25, -0.2) is 18.6 Å². The molecule has 0 atom stereocenters. The van der Waals surface area contributed by atoms with Gasteiger partial charge in [-0.3, -0.25) is 0 Å². The summed E-state index contributed by atoms with van der Waals surface area (Å²) in [5.74, 6) is -3.51. The van der Waals surface area contributed by atoms with E-state index >= 15 is 0 Å². The Morgan fingerprint density at radius 2 is 2.29 bits per heavy atom. The third-order valence-corrected chi connectivity index (χ3v) is 2.71. The molecule has 92 valence electrons. The van der Waals surface area contributed by atoms with E-state index < -0.39 is 18.4 Å². The van der Waals surface area contributed by atoms with E-state index in [2.05, 4.69) is 4.98 Å². The molecule has 1 aromatic rings. The van der Waals surface area contributed by atoms with Crippen LogP contribution in [0.2, 0.25) is 0 Å². The minimum absolute atomic E-state index is 0.0592. The first-order valence-corrected chi connectivity index (χ1v) is 5.30. The topological polar surface area (TPSA) is 53.4 Å². The lowest BCUT2D eigenvalue weighted by atomic mass is 10.1. The van der Waals surface area contributed by atoms with Gasteiger partial charge in [0, 0.05) is 19.2 Å². The molecular formula is C11H12F2N2O2. The largest absolute Gasteiger partial charge is 0.478 e. The minimum Gasteiger partial charge on any atom is -0.478 e. The zero-order valence-corrected chi connectivity index (χ0v) is 9.07. The molecule has 1 N–H and O–H groups in total.